The molecule has 0 aliphatic carbocycles. The minimum Gasteiger partial charge on any atom is -0.485 e. The van der Waals surface area contributed by atoms with E-state index >= 15 is 0 Å². The molecule has 0 atom stereocenters. The Balaban J connectivity index is 2.74. The standard InChI is InChI=1S/C20H28N2O3/c1-5-9-12-24-19-18(25-15(6-2)7-3)16-11-10-14(21)13-17(16)22(8-4)20(19)23/h6,10-11,13H,5,7-9,12,21H2,1-4H3. The summed E-state index contributed by atoms with van der Waals surface area (Å²) in [6.07, 6.45) is 4.52. The first-order valence-electron chi connectivity index (χ1n) is 8.99. The van der Waals surface area contributed by atoms with Crippen LogP contribution in [0.1, 0.15) is 47.0 Å². The van der Waals surface area contributed by atoms with Crippen molar-refractivity contribution >= 4 is 16.6 Å². The highest BCUT2D eigenvalue weighted by Gasteiger charge is 2.20. The molecule has 136 valence electrons. The number of allylic oxidation sites excluding steroid dienone is 2. The van der Waals surface area contributed by atoms with E-state index in [4.69, 9.17) is 15.2 Å². The predicted octanol–water partition coefficient (Wildman–Crippen LogP) is 4.48. The van der Waals surface area contributed by atoms with Crippen molar-refractivity contribution in [2.24, 2.45) is 0 Å². The molecule has 1 heterocycles. The van der Waals surface area contributed by atoms with Gasteiger partial charge in [-0.05, 0) is 44.5 Å². The van der Waals surface area contributed by atoms with Crippen LogP contribution >= 0.6 is 0 Å². The number of nitrogens with two attached hydrogens (primary N) is 1. The van der Waals surface area contributed by atoms with Gasteiger partial charge in [-0.2, -0.15) is 0 Å². The molecule has 1 aromatic carbocycles. The molecule has 0 aliphatic heterocycles. The molecule has 0 fully saturated rings. The molecule has 0 unspecified atom stereocenters. The van der Waals surface area contributed by atoms with Crippen LogP contribution in [0.2, 0.25) is 0 Å². The molecule has 0 bridgehead atoms. The van der Waals surface area contributed by atoms with Crippen molar-refractivity contribution in [3.8, 4) is 11.5 Å². The van der Waals surface area contributed by atoms with Crippen molar-refractivity contribution in [2.75, 3.05) is 12.3 Å². The molecule has 0 spiro atoms. The number of ether oxygens (including phenoxy) is 2. The maximum atomic E-state index is 13.0. The van der Waals surface area contributed by atoms with E-state index in [1.54, 1.807) is 4.57 Å². The lowest BCUT2D eigenvalue weighted by Gasteiger charge is -2.19. The number of hydrogen-bond donors (Lipinski definition) is 1. The normalized spacial score (nSPS) is 11.8. The SMILES string of the molecule is CC=C(CC)Oc1c(OCCCC)c(=O)n(CC)c2cc(N)ccc12. The van der Waals surface area contributed by atoms with E-state index in [1.807, 2.05) is 45.0 Å². The molecule has 0 aliphatic rings. The van der Waals surface area contributed by atoms with Crippen molar-refractivity contribution < 1.29 is 9.47 Å². The number of aryl methyl sites for hydroxylation is 1. The van der Waals surface area contributed by atoms with Gasteiger partial charge in [-0.3, -0.25) is 4.79 Å². The van der Waals surface area contributed by atoms with Gasteiger partial charge in [-0.15, -0.1) is 0 Å². The van der Waals surface area contributed by atoms with Gasteiger partial charge in [0.1, 0.15) is 0 Å². The van der Waals surface area contributed by atoms with Gasteiger partial charge in [0.05, 0.1) is 17.9 Å². The third-order valence-corrected chi connectivity index (χ3v) is 4.17. The second kappa shape index (κ2) is 8.60. The van der Waals surface area contributed by atoms with Crippen LogP contribution in [0, 0.1) is 0 Å². The van der Waals surface area contributed by atoms with E-state index in [1.165, 1.54) is 0 Å². The van der Waals surface area contributed by atoms with Crippen molar-refractivity contribution in [1.29, 1.82) is 0 Å². The molecule has 5 nitrogen and oxygen atoms in total. The summed E-state index contributed by atoms with van der Waals surface area (Å²) in [5, 5.41) is 0.829. The van der Waals surface area contributed by atoms with Crippen LogP contribution < -0.4 is 20.8 Å². The number of benzene rings is 1. The van der Waals surface area contributed by atoms with E-state index < -0.39 is 0 Å². The monoisotopic (exact) mass is 344 g/mol. The Hall–Kier alpha value is -2.43. The molecule has 0 saturated heterocycles. The number of pyridine rings is 1. The third-order valence-electron chi connectivity index (χ3n) is 4.17. The molecule has 25 heavy (non-hydrogen) atoms. The fourth-order valence-corrected chi connectivity index (χ4v) is 2.74. The molecule has 2 N–H and O–H groups in total. The number of fused-ring (bicyclic) bond motifs is 1. The first-order chi connectivity index (χ1) is 12.1. The molecule has 5 heteroatoms. The molecule has 0 amide bonds. The van der Waals surface area contributed by atoms with Crippen LogP contribution in [0.15, 0.2) is 34.8 Å². The largest absolute Gasteiger partial charge is 0.485 e. The van der Waals surface area contributed by atoms with Crippen LogP contribution in [0.3, 0.4) is 0 Å². The van der Waals surface area contributed by atoms with E-state index in [-0.39, 0.29) is 11.3 Å². The zero-order valence-electron chi connectivity index (χ0n) is 15.6. The van der Waals surface area contributed by atoms with Gasteiger partial charge in [0.15, 0.2) is 5.75 Å². The Kier molecular flexibility index (Phi) is 6.51. The number of nitrogens with zero attached hydrogens (tertiary/aromatic N) is 1. The highest BCUT2D eigenvalue weighted by molar-refractivity contribution is 5.90. The summed E-state index contributed by atoms with van der Waals surface area (Å²) in [6, 6.07) is 5.52. The summed E-state index contributed by atoms with van der Waals surface area (Å²) in [5.74, 6) is 1.56. The van der Waals surface area contributed by atoms with Crippen molar-refractivity contribution in [3.63, 3.8) is 0 Å². The second-order valence-electron chi connectivity index (χ2n) is 5.90. The molecule has 0 saturated carbocycles. The van der Waals surface area contributed by atoms with Crippen LogP contribution in [0.25, 0.3) is 10.9 Å². The molecule has 2 rings (SSSR count). The van der Waals surface area contributed by atoms with Gasteiger partial charge in [0, 0.05) is 24.0 Å². The lowest BCUT2D eigenvalue weighted by molar-refractivity contribution is 0.284. The van der Waals surface area contributed by atoms with E-state index in [0.717, 1.165) is 35.9 Å². The van der Waals surface area contributed by atoms with E-state index in [9.17, 15) is 4.79 Å². The average molecular weight is 344 g/mol. The number of aromatic nitrogens is 1. The third kappa shape index (κ3) is 3.98. The minimum atomic E-state index is -0.182. The molecular weight excluding hydrogens is 316 g/mol. The van der Waals surface area contributed by atoms with E-state index in [0.29, 0.717) is 24.6 Å². The van der Waals surface area contributed by atoms with Gasteiger partial charge in [0.25, 0.3) is 5.56 Å². The zero-order valence-corrected chi connectivity index (χ0v) is 15.6. The van der Waals surface area contributed by atoms with Crippen LogP contribution in [-0.2, 0) is 6.54 Å². The van der Waals surface area contributed by atoms with Crippen molar-refractivity contribution in [1.82, 2.24) is 4.57 Å². The van der Waals surface area contributed by atoms with Gasteiger partial charge >= 0.3 is 0 Å². The van der Waals surface area contributed by atoms with Crippen molar-refractivity contribution in [2.45, 2.75) is 53.5 Å². The summed E-state index contributed by atoms with van der Waals surface area (Å²) in [6.45, 7) is 8.98. The molecule has 1 aromatic heterocycles. The smallest absolute Gasteiger partial charge is 0.297 e. The Bertz CT molecular complexity index is 822. The summed E-state index contributed by atoms with van der Waals surface area (Å²) in [7, 11) is 0. The highest BCUT2D eigenvalue weighted by Crippen LogP contribution is 2.35. The number of nitrogen functional groups attached to an aromatic ring is 1. The first-order valence-corrected chi connectivity index (χ1v) is 8.99. The molecule has 0 radical (unpaired) electrons. The highest BCUT2D eigenvalue weighted by atomic mass is 16.5. The predicted molar refractivity (Wildman–Crippen MR) is 103 cm³/mol. The number of hydrogen-bond acceptors (Lipinski definition) is 4. The lowest BCUT2D eigenvalue weighted by atomic mass is 10.1. The fourth-order valence-electron chi connectivity index (χ4n) is 2.74. The molecule has 2 aromatic rings. The number of anilines is 1. The first kappa shape index (κ1) is 18.9. The topological polar surface area (TPSA) is 66.5 Å². The maximum absolute atomic E-state index is 13.0. The van der Waals surface area contributed by atoms with Gasteiger partial charge < -0.3 is 19.8 Å². The second-order valence-corrected chi connectivity index (χ2v) is 5.90. The van der Waals surface area contributed by atoms with Crippen LogP contribution in [0.5, 0.6) is 11.5 Å². The lowest BCUT2D eigenvalue weighted by Crippen LogP contribution is -2.23. The summed E-state index contributed by atoms with van der Waals surface area (Å²) < 4.78 is 13.6. The average Bonchev–Trinajstić information content (AvgIpc) is 2.61. The zero-order chi connectivity index (χ0) is 18.4. The van der Waals surface area contributed by atoms with Crippen LogP contribution in [0.4, 0.5) is 5.69 Å². The van der Waals surface area contributed by atoms with Crippen molar-refractivity contribution in [3.05, 3.63) is 40.4 Å². The Labute approximate surface area is 149 Å². The number of unbranched alkanes of at least 4 members (excludes halogenated alkanes) is 1. The Morgan fingerprint density at radius 3 is 2.60 bits per heavy atom. The Morgan fingerprint density at radius 1 is 1.24 bits per heavy atom. The van der Waals surface area contributed by atoms with Gasteiger partial charge in [0.2, 0.25) is 5.75 Å². The molecular formula is C20H28N2O3. The van der Waals surface area contributed by atoms with Gasteiger partial charge in [-0.1, -0.05) is 20.3 Å². The Morgan fingerprint density at radius 2 is 2.00 bits per heavy atom. The minimum absolute atomic E-state index is 0.182. The van der Waals surface area contributed by atoms with Crippen LogP contribution in [-0.4, -0.2) is 11.2 Å². The summed E-state index contributed by atoms with van der Waals surface area (Å²) in [4.78, 5) is 13.0. The van der Waals surface area contributed by atoms with Gasteiger partial charge in [-0.25, -0.2) is 0 Å². The fraction of sp³-hybridized carbons (Fsp3) is 0.450. The maximum Gasteiger partial charge on any atom is 0.297 e. The summed E-state index contributed by atoms with van der Waals surface area (Å²) >= 11 is 0. The van der Waals surface area contributed by atoms with E-state index in [2.05, 4.69) is 6.92 Å². The quantitative estimate of drug-likeness (QED) is 0.436. The summed E-state index contributed by atoms with van der Waals surface area (Å²) in [5.41, 5.74) is 7.13. The number of rotatable bonds is 8.